The van der Waals surface area contributed by atoms with Gasteiger partial charge < -0.3 is 4.74 Å². The fourth-order valence-electron chi connectivity index (χ4n) is 3.51. The second kappa shape index (κ2) is 6.77. The molecule has 11 heteroatoms. The third kappa shape index (κ3) is 3.90. The summed E-state index contributed by atoms with van der Waals surface area (Å²) in [5.74, 6) is -0.252. The van der Waals surface area contributed by atoms with E-state index in [2.05, 4.69) is 0 Å². The second-order valence-corrected chi connectivity index (χ2v) is 12.9. The van der Waals surface area contributed by atoms with Crippen LogP contribution in [-0.4, -0.2) is 71.8 Å². The molecule has 0 N–H and O–H groups in total. The molecular formula is C15H21NO7S3. The first kappa shape index (κ1) is 19.6. The lowest BCUT2D eigenvalue weighted by molar-refractivity contribution is 0.280. The third-order valence-electron chi connectivity index (χ3n) is 4.77. The van der Waals surface area contributed by atoms with Crippen molar-refractivity contribution in [2.75, 3.05) is 30.1 Å². The van der Waals surface area contributed by atoms with Gasteiger partial charge in [-0.2, -0.15) is 4.31 Å². The Morgan fingerprint density at radius 1 is 0.923 bits per heavy atom. The van der Waals surface area contributed by atoms with Crippen molar-refractivity contribution in [3.05, 3.63) is 24.3 Å². The van der Waals surface area contributed by atoms with E-state index in [1.165, 1.54) is 31.4 Å². The Morgan fingerprint density at radius 2 is 1.38 bits per heavy atom. The first-order valence-electron chi connectivity index (χ1n) is 8.12. The molecule has 1 aromatic carbocycles. The molecule has 0 unspecified atom stereocenters. The Balaban J connectivity index is 2.01. The van der Waals surface area contributed by atoms with Gasteiger partial charge in [0.05, 0.1) is 35.0 Å². The van der Waals surface area contributed by atoms with Gasteiger partial charge in [0.25, 0.3) is 0 Å². The van der Waals surface area contributed by atoms with Crippen LogP contribution in [0, 0.1) is 0 Å². The van der Waals surface area contributed by atoms with Crippen LogP contribution in [0.25, 0.3) is 0 Å². The van der Waals surface area contributed by atoms with E-state index in [1.807, 2.05) is 0 Å². The first-order chi connectivity index (χ1) is 12.0. The smallest absolute Gasteiger partial charge is 0.243 e. The summed E-state index contributed by atoms with van der Waals surface area (Å²) in [6, 6.07) is 4.28. The van der Waals surface area contributed by atoms with Crippen molar-refractivity contribution in [3.63, 3.8) is 0 Å². The van der Waals surface area contributed by atoms with Crippen LogP contribution in [0.15, 0.2) is 29.2 Å². The van der Waals surface area contributed by atoms with E-state index in [1.54, 1.807) is 0 Å². The molecule has 0 spiro atoms. The predicted octanol–water partition coefficient (Wildman–Crippen LogP) is 0.0601. The summed E-state index contributed by atoms with van der Waals surface area (Å²) in [7, 11) is -9.24. The molecule has 2 saturated heterocycles. The summed E-state index contributed by atoms with van der Waals surface area (Å²) in [4.78, 5) is -0.00750. The summed E-state index contributed by atoms with van der Waals surface area (Å²) in [6.07, 6.45) is 0.350. The second-order valence-electron chi connectivity index (χ2n) is 6.62. The highest BCUT2D eigenvalue weighted by Crippen LogP contribution is 2.32. The van der Waals surface area contributed by atoms with Crippen LogP contribution >= 0.6 is 0 Å². The molecule has 26 heavy (non-hydrogen) atoms. The summed E-state index contributed by atoms with van der Waals surface area (Å²) in [6.45, 7) is 0. The van der Waals surface area contributed by atoms with Crippen molar-refractivity contribution < 1.29 is 30.0 Å². The van der Waals surface area contributed by atoms with Gasteiger partial charge >= 0.3 is 0 Å². The van der Waals surface area contributed by atoms with Gasteiger partial charge in [-0.05, 0) is 37.1 Å². The number of sulfone groups is 2. The number of sulfonamides is 1. The number of nitrogens with zero attached hydrogens (tertiary/aromatic N) is 1. The zero-order valence-corrected chi connectivity index (χ0v) is 16.7. The van der Waals surface area contributed by atoms with Gasteiger partial charge in [0.2, 0.25) is 10.0 Å². The summed E-state index contributed by atoms with van der Waals surface area (Å²) in [5, 5.41) is 0. The van der Waals surface area contributed by atoms with E-state index in [4.69, 9.17) is 4.74 Å². The summed E-state index contributed by atoms with van der Waals surface area (Å²) < 4.78 is 80.1. The van der Waals surface area contributed by atoms with Gasteiger partial charge in [0.15, 0.2) is 19.7 Å². The summed E-state index contributed by atoms with van der Waals surface area (Å²) in [5.41, 5.74) is 0. The largest absolute Gasteiger partial charge is 0.497 e. The maximum Gasteiger partial charge on any atom is 0.243 e. The molecule has 2 aliphatic heterocycles. The predicted molar refractivity (Wildman–Crippen MR) is 96.1 cm³/mol. The lowest BCUT2D eigenvalue weighted by Crippen LogP contribution is -2.48. The molecule has 146 valence electrons. The molecule has 2 heterocycles. The zero-order chi connectivity index (χ0) is 19.2. The maximum absolute atomic E-state index is 13.2. The quantitative estimate of drug-likeness (QED) is 0.658. The molecule has 0 saturated carbocycles. The van der Waals surface area contributed by atoms with E-state index in [9.17, 15) is 25.3 Å². The van der Waals surface area contributed by atoms with Crippen LogP contribution < -0.4 is 4.74 Å². The summed E-state index contributed by atoms with van der Waals surface area (Å²) >= 11 is 0. The van der Waals surface area contributed by atoms with Crippen molar-refractivity contribution in [1.82, 2.24) is 4.31 Å². The SMILES string of the molecule is COc1ccc(S(=O)(=O)N([C@@H]2CCS(=O)(=O)C2)[C@@H]2CCS(=O)(=O)C2)cc1. The molecule has 2 atom stereocenters. The minimum absolute atomic E-state index is 0.00750. The van der Waals surface area contributed by atoms with Gasteiger partial charge in [0, 0.05) is 12.1 Å². The van der Waals surface area contributed by atoms with Crippen LogP contribution in [0.2, 0.25) is 0 Å². The lowest BCUT2D eigenvalue weighted by atomic mass is 10.2. The van der Waals surface area contributed by atoms with E-state index in [0.29, 0.717) is 5.75 Å². The van der Waals surface area contributed by atoms with Gasteiger partial charge in [-0.1, -0.05) is 0 Å². The minimum Gasteiger partial charge on any atom is -0.497 e. The van der Waals surface area contributed by atoms with E-state index < -0.39 is 41.8 Å². The molecule has 0 amide bonds. The molecule has 1 aromatic rings. The van der Waals surface area contributed by atoms with E-state index in [0.717, 1.165) is 4.31 Å². The number of rotatable bonds is 5. The van der Waals surface area contributed by atoms with Crippen LogP contribution in [0.1, 0.15) is 12.8 Å². The van der Waals surface area contributed by atoms with Crippen LogP contribution in [-0.2, 0) is 29.7 Å². The fraction of sp³-hybridized carbons (Fsp3) is 0.600. The molecule has 8 nitrogen and oxygen atoms in total. The van der Waals surface area contributed by atoms with Gasteiger partial charge in [0.1, 0.15) is 5.75 Å². The van der Waals surface area contributed by atoms with Crippen molar-refractivity contribution in [1.29, 1.82) is 0 Å². The van der Waals surface area contributed by atoms with Gasteiger partial charge in [-0.25, -0.2) is 25.3 Å². The molecule has 3 rings (SSSR count). The number of ether oxygens (including phenoxy) is 1. The van der Waals surface area contributed by atoms with E-state index >= 15 is 0 Å². The molecule has 0 aliphatic carbocycles. The normalized spacial score (nSPS) is 27.6. The Labute approximate surface area is 154 Å². The first-order valence-corrected chi connectivity index (χ1v) is 13.2. The zero-order valence-electron chi connectivity index (χ0n) is 14.2. The van der Waals surface area contributed by atoms with Crippen molar-refractivity contribution >= 4 is 29.7 Å². The molecule has 0 bridgehead atoms. The standard InChI is InChI=1S/C15H21NO7S3/c1-23-14-2-4-15(5-3-14)26(21,22)16(12-6-8-24(17,18)10-12)13-7-9-25(19,20)11-13/h2-5,12-13H,6-11H2,1H3/t12-,13-/m1/s1. The topological polar surface area (TPSA) is 115 Å². The van der Waals surface area contributed by atoms with Crippen molar-refractivity contribution in [2.24, 2.45) is 0 Å². The Hall–Kier alpha value is -1.17. The Bertz CT molecular complexity index is 938. The molecule has 2 aliphatic rings. The van der Waals surface area contributed by atoms with Crippen LogP contribution in [0.4, 0.5) is 0 Å². The molecule has 0 radical (unpaired) electrons. The third-order valence-corrected chi connectivity index (χ3v) is 10.3. The maximum atomic E-state index is 13.2. The fourth-order valence-corrected chi connectivity index (χ4v) is 8.99. The molecular weight excluding hydrogens is 402 g/mol. The monoisotopic (exact) mass is 423 g/mol. The Morgan fingerprint density at radius 3 is 1.73 bits per heavy atom. The average molecular weight is 424 g/mol. The van der Waals surface area contributed by atoms with Gasteiger partial charge in [-0.3, -0.25) is 0 Å². The minimum atomic E-state index is -4.04. The van der Waals surface area contributed by atoms with Crippen LogP contribution in [0.3, 0.4) is 0 Å². The number of hydrogen-bond acceptors (Lipinski definition) is 7. The Kier molecular flexibility index (Phi) is 5.10. The van der Waals surface area contributed by atoms with Crippen molar-refractivity contribution in [3.8, 4) is 5.75 Å². The lowest BCUT2D eigenvalue weighted by Gasteiger charge is -2.32. The number of benzene rings is 1. The highest BCUT2D eigenvalue weighted by molar-refractivity contribution is 7.92. The number of methoxy groups -OCH3 is 1. The van der Waals surface area contributed by atoms with Gasteiger partial charge in [-0.15, -0.1) is 0 Å². The van der Waals surface area contributed by atoms with Crippen LogP contribution in [0.5, 0.6) is 5.75 Å². The van der Waals surface area contributed by atoms with Crippen molar-refractivity contribution in [2.45, 2.75) is 29.8 Å². The molecule has 0 aromatic heterocycles. The van der Waals surface area contributed by atoms with E-state index in [-0.39, 0.29) is 40.7 Å². The highest BCUT2D eigenvalue weighted by Gasteiger charge is 2.45. The highest BCUT2D eigenvalue weighted by atomic mass is 32.2. The number of hydrogen-bond donors (Lipinski definition) is 0. The average Bonchev–Trinajstić information content (AvgIpc) is 3.09. The molecule has 2 fully saturated rings.